The van der Waals surface area contributed by atoms with Crippen molar-refractivity contribution < 1.29 is 9.47 Å². The van der Waals surface area contributed by atoms with Gasteiger partial charge < -0.3 is 9.47 Å². The molecule has 6 heteroatoms. The monoisotopic (exact) mass is 268 g/mol. The lowest BCUT2D eigenvalue weighted by Crippen LogP contribution is -2.40. The standard InChI is InChI=1S/C13H24N4O2/c1-4-7-17-12(10(18-2)8-15-17)11(16-14)13(19-3)9-5-6-9/h8-9,11,13,16H,4-7,14H2,1-3H3. The third-order valence-corrected chi connectivity index (χ3v) is 3.66. The van der Waals surface area contributed by atoms with Crippen molar-refractivity contribution in [1.82, 2.24) is 15.2 Å². The number of hydrogen-bond donors (Lipinski definition) is 2. The van der Waals surface area contributed by atoms with Crippen molar-refractivity contribution in [2.24, 2.45) is 11.8 Å². The lowest BCUT2D eigenvalue weighted by Gasteiger charge is -2.26. The molecule has 1 heterocycles. The Morgan fingerprint density at radius 2 is 2.26 bits per heavy atom. The number of aromatic nitrogens is 2. The second-order valence-electron chi connectivity index (χ2n) is 5.00. The van der Waals surface area contributed by atoms with E-state index in [1.54, 1.807) is 20.4 Å². The van der Waals surface area contributed by atoms with E-state index in [2.05, 4.69) is 17.4 Å². The average molecular weight is 268 g/mol. The van der Waals surface area contributed by atoms with Gasteiger partial charge in [-0.15, -0.1) is 0 Å². The van der Waals surface area contributed by atoms with E-state index in [4.69, 9.17) is 15.3 Å². The number of nitrogens with zero attached hydrogens (tertiary/aromatic N) is 2. The first-order chi connectivity index (χ1) is 9.26. The van der Waals surface area contributed by atoms with Gasteiger partial charge in [-0.05, 0) is 25.2 Å². The van der Waals surface area contributed by atoms with Gasteiger partial charge >= 0.3 is 0 Å². The lowest BCUT2D eigenvalue weighted by molar-refractivity contribution is 0.0471. The van der Waals surface area contributed by atoms with Crippen LogP contribution in [0.3, 0.4) is 0 Å². The number of aryl methyl sites for hydroxylation is 1. The first kappa shape index (κ1) is 14.3. The first-order valence-electron chi connectivity index (χ1n) is 6.85. The molecule has 19 heavy (non-hydrogen) atoms. The van der Waals surface area contributed by atoms with E-state index in [1.807, 2.05) is 4.68 Å². The summed E-state index contributed by atoms with van der Waals surface area (Å²) in [5.74, 6) is 7.10. The highest BCUT2D eigenvalue weighted by molar-refractivity contribution is 5.29. The predicted molar refractivity (Wildman–Crippen MR) is 72.7 cm³/mol. The van der Waals surface area contributed by atoms with Crippen LogP contribution in [-0.2, 0) is 11.3 Å². The normalized spacial score (nSPS) is 18.3. The molecule has 0 saturated heterocycles. The van der Waals surface area contributed by atoms with Gasteiger partial charge in [0.15, 0.2) is 5.75 Å². The van der Waals surface area contributed by atoms with Crippen LogP contribution in [0.4, 0.5) is 0 Å². The second-order valence-corrected chi connectivity index (χ2v) is 5.00. The van der Waals surface area contributed by atoms with Crippen LogP contribution >= 0.6 is 0 Å². The van der Waals surface area contributed by atoms with Gasteiger partial charge in [0.25, 0.3) is 0 Å². The first-order valence-corrected chi connectivity index (χ1v) is 6.85. The molecule has 1 fully saturated rings. The minimum absolute atomic E-state index is 0.0613. The number of hydrogen-bond acceptors (Lipinski definition) is 5. The zero-order chi connectivity index (χ0) is 13.8. The molecule has 0 bridgehead atoms. The molecule has 0 spiro atoms. The van der Waals surface area contributed by atoms with E-state index in [-0.39, 0.29) is 12.1 Å². The summed E-state index contributed by atoms with van der Waals surface area (Å²) in [4.78, 5) is 0. The Hall–Kier alpha value is -1.11. The summed E-state index contributed by atoms with van der Waals surface area (Å²) in [7, 11) is 3.39. The molecule has 108 valence electrons. The highest BCUT2D eigenvalue weighted by atomic mass is 16.5. The molecule has 1 saturated carbocycles. The number of nitrogens with two attached hydrogens (primary N) is 1. The molecule has 6 nitrogen and oxygen atoms in total. The van der Waals surface area contributed by atoms with Crippen molar-refractivity contribution in [3.8, 4) is 5.75 Å². The van der Waals surface area contributed by atoms with Gasteiger partial charge in [0.05, 0.1) is 25.5 Å². The minimum Gasteiger partial charge on any atom is -0.493 e. The van der Waals surface area contributed by atoms with Gasteiger partial charge in [-0.3, -0.25) is 10.5 Å². The topological polar surface area (TPSA) is 74.3 Å². The Morgan fingerprint density at radius 3 is 2.74 bits per heavy atom. The fourth-order valence-electron chi connectivity index (χ4n) is 2.59. The van der Waals surface area contributed by atoms with E-state index >= 15 is 0 Å². The number of methoxy groups -OCH3 is 2. The van der Waals surface area contributed by atoms with Gasteiger partial charge in [0.2, 0.25) is 0 Å². The smallest absolute Gasteiger partial charge is 0.161 e. The average Bonchev–Trinajstić information content (AvgIpc) is 3.18. The fraction of sp³-hybridized carbons (Fsp3) is 0.769. The molecule has 2 unspecified atom stereocenters. The zero-order valence-corrected chi connectivity index (χ0v) is 11.9. The van der Waals surface area contributed by atoms with Crippen molar-refractivity contribution in [2.45, 2.75) is 44.9 Å². The SMILES string of the molecule is CCCn1ncc(OC)c1C(NN)C(OC)C1CC1. The summed E-state index contributed by atoms with van der Waals surface area (Å²) < 4.78 is 13.0. The Bertz CT molecular complexity index is 403. The van der Waals surface area contributed by atoms with E-state index in [1.165, 1.54) is 12.8 Å². The third kappa shape index (κ3) is 2.91. The Labute approximate surface area is 114 Å². The van der Waals surface area contributed by atoms with E-state index in [0.717, 1.165) is 24.4 Å². The highest BCUT2D eigenvalue weighted by Crippen LogP contribution is 2.41. The zero-order valence-electron chi connectivity index (χ0n) is 11.9. The van der Waals surface area contributed by atoms with Crippen LogP contribution in [0.15, 0.2) is 6.20 Å². The van der Waals surface area contributed by atoms with E-state index in [0.29, 0.717) is 5.92 Å². The summed E-state index contributed by atoms with van der Waals surface area (Å²) in [5, 5.41) is 4.38. The Kier molecular flexibility index (Phi) is 4.79. The molecule has 1 aliphatic carbocycles. The van der Waals surface area contributed by atoms with E-state index in [9.17, 15) is 0 Å². The number of ether oxygens (including phenoxy) is 2. The van der Waals surface area contributed by atoms with Gasteiger partial charge in [0, 0.05) is 13.7 Å². The summed E-state index contributed by atoms with van der Waals surface area (Å²) >= 11 is 0. The van der Waals surface area contributed by atoms with Crippen molar-refractivity contribution in [1.29, 1.82) is 0 Å². The van der Waals surface area contributed by atoms with Crippen LogP contribution in [0.1, 0.15) is 37.9 Å². The second kappa shape index (κ2) is 6.36. The number of hydrazine groups is 1. The van der Waals surface area contributed by atoms with Gasteiger partial charge in [-0.2, -0.15) is 5.10 Å². The molecule has 1 aliphatic rings. The number of rotatable bonds is 8. The lowest BCUT2D eigenvalue weighted by atomic mass is 10.0. The summed E-state index contributed by atoms with van der Waals surface area (Å²) in [6.07, 6.45) is 5.21. The molecule has 3 N–H and O–H groups in total. The quantitative estimate of drug-likeness (QED) is 0.548. The molecule has 0 radical (unpaired) electrons. The summed E-state index contributed by atoms with van der Waals surface area (Å²) in [6.45, 7) is 2.97. The minimum atomic E-state index is -0.0958. The van der Waals surface area contributed by atoms with Gasteiger partial charge in [-0.1, -0.05) is 6.92 Å². The predicted octanol–water partition coefficient (Wildman–Crippen LogP) is 1.23. The van der Waals surface area contributed by atoms with Crippen LogP contribution in [0.5, 0.6) is 5.75 Å². The van der Waals surface area contributed by atoms with Crippen LogP contribution in [0.2, 0.25) is 0 Å². The maximum Gasteiger partial charge on any atom is 0.161 e. The van der Waals surface area contributed by atoms with Crippen LogP contribution in [-0.4, -0.2) is 30.1 Å². The van der Waals surface area contributed by atoms with Crippen LogP contribution in [0, 0.1) is 5.92 Å². The molecule has 0 aliphatic heterocycles. The van der Waals surface area contributed by atoms with Gasteiger partial charge in [-0.25, -0.2) is 5.43 Å². The van der Waals surface area contributed by atoms with E-state index < -0.39 is 0 Å². The summed E-state index contributed by atoms with van der Waals surface area (Å²) in [5.41, 5.74) is 3.86. The Balaban J connectivity index is 2.31. The van der Waals surface area contributed by atoms with Crippen molar-refractivity contribution in [3.63, 3.8) is 0 Å². The maximum atomic E-state index is 5.77. The van der Waals surface area contributed by atoms with Crippen molar-refractivity contribution in [3.05, 3.63) is 11.9 Å². The molecule has 2 rings (SSSR count). The highest BCUT2D eigenvalue weighted by Gasteiger charge is 2.39. The third-order valence-electron chi connectivity index (χ3n) is 3.66. The molecule has 2 atom stereocenters. The van der Waals surface area contributed by atoms with Crippen LogP contribution in [0.25, 0.3) is 0 Å². The van der Waals surface area contributed by atoms with Crippen LogP contribution < -0.4 is 16.0 Å². The summed E-state index contributed by atoms with van der Waals surface area (Å²) in [6, 6.07) is -0.0958. The fourth-order valence-corrected chi connectivity index (χ4v) is 2.59. The number of nitrogens with one attached hydrogen (secondary N) is 1. The molecule has 1 aromatic rings. The van der Waals surface area contributed by atoms with Crippen molar-refractivity contribution >= 4 is 0 Å². The Morgan fingerprint density at radius 1 is 1.53 bits per heavy atom. The largest absolute Gasteiger partial charge is 0.493 e. The molecular formula is C13H24N4O2. The van der Waals surface area contributed by atoms with Gasteiger partial charge in [0.1, 0.15) is 5.69 Å². The molecule has 0 aromatic carbocycles. The molecular weight excluding hydrogens is 244 g/mol. The van der Waals surface area contributed by atoms with Crippen molar-refractivity contribution in [2.75, 3.05) is 14.2 Å². The maximum absolute atomic E-state index is 5.77. The molecule has 1 aromatic heterocycles. The molecule has 0 amide bonds.